The number of hydrogen-bond acceptors (Lipinski definition) is 2. The van der Waals surface area contributed by atoms with Crippen LogP contribution < -0.4 is 0 Å². The first kappa shape index (κ1) is 14.7. The van der Waals surface area contributed by atoms with Crippen LogP contribution in [0.5, 0.6) is 0 Å². The van der Waals surface area contributed by atoms with E-state index in [9.17, 15) is 9.18 Å². The lowest BCUT2D eigenvalue weighted by atomic mass is 9.98. The van der Waals surface area contributed by atoms with Crippen LogP contribution >= 0.6 is 0 Å². The van der Waals surface area contributed by atoms with Crippen molar-refractivity contribution in [2.75, 3.05) is 13.1 Å². The zero-order valence-corrected chi connectivity index (χ0v) is 12.2. The van der Waals surface area contributed by atoms with Gasteiger partial charge < -0.3 is 5.11 Å². The Hall–Kier alpha value is -2.20. The van der Waals surface area contributed by atoms with Gasteiger partial charge in [0, 0.05) is 13.1 Å². The van der Waals surface area contributed by atoms with Crippen molar-refractivity contribution in [2.45, 2.75) is 18.9 Å². The van der Waals surface area contributed by atoms with E-state index in [1.54, 1.807) is 30.3 Å². The Morgan fingerprint density at radius 2 is 2.05 bits per heavy atom. The highest BCUT2D eigenvalue weighted by Gasteiger charge is 2.24. The third kappa shape index (κ3) is 3.34. The zero-order chi connectivity index (χ0) is 15.5. The van der Waals surface area contributed by atoms with E-state index in [-0.39, 0.29) is 5.82 Å². The first-order valence-electron chi connectivity index (χ1n) is 7.42. The van der Waals surface area contributed by atoms with E-state index in [1.165, 1.54) is 6.07 Å². The van der Waals surface area contributed by atoms with Crippen LogP contribution in [-0.2, 0) is 6.54 Å². The highest BCUT2D eigenvalue weighted by molar-refractivity contribution is 5.87. The van der Waals surface area contributed by atoms with Crippen molar-refractivity contribution >= 4 is 5.97 Å². The SMILES string of the molecule is O=C(O)c1cccc(CN2CCC(c3cccc(F)c3)C2)c1. The van der Waals surface area contributed by atoms with Crippen molar-refractivity contribution in [3.8, 4) is 0 Å². The van der Waals surface area contributed by atoms with E-state index in [0.29, 0.717) is 11.5 Å². The van der Waals surface area contributed by atoms with Crippen molar-refractivity contribution in [2.24, 2.45) is 0 Å². The van der Waals surface area contributed by atoms with Crippen LogP contribution in [0.15, 0.2) is 48.5 Å². The lowest BCUT2D eigenvalue weighted by molar-refractivity contribution is 0.0696. The maximum Gasteiger partial charge on any atom is 0.335 e. The van der Waals surface area contributed by atoms with Crippen molar-refractivity contribution in [1.29, 1.82) is 0 Å². The Balaban J connectivity index is 1.66. The first-order valence-corrected chi connectivity index (χ1v) is 7.42. The van der Waals surface area contributed by atoms with Crippen LogP contribution in [0, 0.1) is 5.82 Å². The molecular formula is C18H18FNO2. The maximum absolute atomic E-state index is 13.3. The van der Waals surface area contributed by atoms with Gasteiger partial charge in [0.05, 0.1) is 5.56 Å². The van der Waals surface area contributed by atoms with Gasteiger partial charge in [-0.3, -0.25) is 4.90 Å². The van der Waals surface area contributed by atoms with Crippen LogP contribution in [0.1, 0.15) is 33.8 Å². The summed E-state index contributed by atoms with van der Waals surface area (Å²) in [5.41, 5.74) is 2.36. The molecule has 0 bridgehead atoms. The van der Waals surface area contributed by atoms with Gasteiger partial charge in [0.2, 0.25) is 0 Å². The molecule has 1 unspecified atom stereocenters. The van der Waals surface area contributed by atoms with E-state index in [2.05, 4.69) is 4.90 Å². The van der Waals surface area contributed by atoms with Gasteiger partial charge in [-0.1, -0.05) is 24.3 Å². The molecule has 2 aromatic rings. The number of hydrogen-bond donors (Lipinski definition) is 1. The topological polar surface area (TPSA) is 40.5 Å². The second kappa shape index (κ2) is 6.28. The molecule has 3 rings (SSSR count). The minimum Gasteiger partial charge on any atom is -0.478 e. The van der Waals surface area contributed by atoms with E-state index in [4.69, 9.17) is 5.11 Å². The summed E-state index contributed by atoms with van der Waals surface area (Å²) in [6, 6.07) is 13.9. The molecule has 3 nitrogen and oxygen atoms in total. The van der Waals surface area contributed by atoms with E-state index in [1.807, 2.05) is 12.1 Å². The smallest absolute Gasteiger partial charge is 0.335 e. The fourth-order valence-corrected chi connectivity index (χ4v) is 3.07. The Kier molecular flexibility index (Phi) is 4.20. The van der Waals surface area contributed by atoms with E-state index >= 15 is 0 Å². The molecule has 1 aliphatic heterocycles. The molecule has 0 radical (unpaired) electrons. The lowest BCUT2D eigenvalue weighted by Gasteiger charge is -2.16. The van der Waals surface area contributed by atoms with Crippen LogP contribution in [-0.4, -0.2) is 29.1 Å². The summed E-state index contributed by atoms with van der Waals surface area (Å²) < 4.78 is 13.3. The van der Waals surface area contributed by atoms with Crippen LogP contribution in [0.4, 0.5) is 4.39 Å². The molecule has 1 fully saturated rings. The molecule has 1 aliphatic rings. The number of benzene rings is 2. The van der Waals surface area contributed by atoms with Gasteiger partial charge >= 0.3 is 5.97 Å². The number of likely N-dealkylation sites (tertiary alicyclic amines) is 1. The molecule has 1 saturated heterocycles. The molecular weight excluding hydrogens is 281 g/mol. The first-order chi connectivity index (χ1) is 10.6. The molecule has 1 heterocycles. The summed E-state index contributed by atoms with van der Waals surface area (Å²) in [5, 5.41) is 9.04. The van der Waals surface area contributed by atoms with E-state index in [0.717, 1.165) is 37.2 Å². The number of nitrogens with zero attached hydrogens (tertiary/aromatic N) is 1. The Morgan fingerprint density at radius 3 is 2.82 bits per heavy atom. The summed E-state index contributed by atoms with van der Waals surface area (Å²) in [5.74, 6) is -0.746. The number of rotatable bonds is 4. The predicted octanol–water partition coefficient (Wildman–Crippen LogP) is 3.51. The number of carboxylic acids is 1. The monoisotopic (exact) mass is 299 g/mol. The summed E-state index contributed by atoms with van der Waals surface area (Å²) in [6.07, 6.45) is 1.00. The van der Waals surface area contributed by atoms with E-state index < -0.39 is 5.97 Å². The predicted molar refractivity (Wildman–Crippen MR) is 82.4 cm³/mol. The van der Waals surface area contributed by atoms with Crippen molar-refractivity contribution in [3.63, 3.8) is 0 Å². The molecule has 22 heavy (non-hydrogen) atoms. The number of aromatic carboxylic acids is 1. The number of carboxylic acid groups (broad SMARTS) is 1. The second-order valence-corrected chi connectivity index (χ2v) is 5.78. The molecule has 0 spiro atoms. The molecule has 2 aromatic carbocycles. The van der Waals surface area contributed by atoms with Gasteiger partial charge in [-0.15, -0.1) is 0 Å². The molecule has 114 valence electrons. The molecule has 0 aliphatic carbocycles. The quantitative estimate of drug-likeness (QED) is 0.939. The maximum atomic E-state index is 13.3. The molecule has 0 amide bonds. The molecule has 4 heteroatoms. The lowest BCUT2D eigenvalue weighted by Crippen LogP contribution is -2.20. The zero-order valence-electron chi connectivity index (χ0n) is 12.2. The Bertz CT molecular complexity index is 686. The fourth-order valence-electron chi connectivity index (χ4n) is 3.07. The summed E-state index contributed by atoms with van der Waals surface area (Å²) in [6.45, 7) is 2.55. The van der Waals surface area contributed by atoms with Gasteiger partial charge in [-0.2, -0.15) is 0 Å². The van der Waals surface area contributed by atoms with Gasteiger partial charge in [0.1, 0.15) is 5.82 Å². The number of carbonyl (C=O) groups is 1. The average molecular weight is 299 g/mol. The Labute approximate surface area is 129 Å². The average Bonchev–Trinajstić information content (AvgIpc) is 2.96. The van der Waals surface area contributed by atoms with Gasteiger partial charge in [-0.25, -0.2) is 9.18 Å². The second-order valence-electron chi connectivity index (χ2n) is 5.78. The van der Waals surface area contributed by atoms with Crippen LogP contribution in [0.2, 0.25) is 0 Å². The van der Waals surface area contributed by atoms with Crippen molar-refractivity contribution in [3.05, 3.63) is 71.0 Å². The normalized spacial score (nSPS) is 18.5. The van der Waals surface area contributed by atoms with Gasteiger partial charge in [-0.05, 0) is 54.3 Å². The highest BCUT2D eigenvalue weighted by atomic mass is 19.1. The Morgan fingerprint density at radius 1 is 1.23 bits per heavy atom. The molecule has 1 N–H and O–H groups in total. The van der Waals surface area contributed by atoms with Crippen molar-refractivity contribution in [1.82, 2.24) is 4.90 Å². The van der Waals surface area contributed by atoms with Crippen molar-refractivity contribution < 1.29 is 14.3 Å². The third-order valence-electron chi connectivity index (χ3n) is 4.17. The largest absolute Gasteiger partial charge is 0.478 e. The number of halogens is 1. The molecule has 1 atom stereocenters. The summed E-state index contributed by atoms with van der Waals surface area (Å²) in [4.78, 5) is 13.3. The molecule has 0 aromatic heterocycles. The summed E-state index contributed by atoms with van der Waals surface area (Å²) >= 11 is 0. The standard InChI is InChI=1S/C18H18FNO2/c19-17-6-2-4-14(10-17)16-7-8-20(12-16)11-13-3-1-5-15(9-13)18(21)22/h1-6,9-10,16H,7-8,11-12H2,(H,21,22). The minimum absolute atomic E-state index is 0.190. The van der Waals surface area contributed by atoms with Crippen LogP contribution in [0.3, 0.4) is 0 Å². The van der Waals surface area contributed by atoms with Crippen LogP contribution in [0.25, 0.3) is 0 Å². The van der Waals surface area contributed by atoms with Gasteiger partial charge in [0.25, 0.3) is 0 Å². The third-order valence-corrected chi connectivity index (χ3v) is 4.17. The minimum atomic E-state index is -0.902. The summed E-state index contributed by atoms with van der Waals surface area (Å²) in [7, 11) is 0. The molecule has 0 saturated carbocycles. The highest BCUT2D eigenvalue weighted by Crippen LogP contribution is 2.28. The van der Waals surface area contributed by atoms with Gasteiger partial charge in [0.15, 0.2) is 0 Å². The fraction of sp³-hybridized carbons (Fsp3) is 0.278.